The standard InChI is InChI=1S/C16H28N4O2S.HI/c1-5-17-16(19-11-15(21)18-8-9-22-4)20-12(2)10-14-7-6-13(3)23-14;/h6-7,12H,5,8-11H2,1-4H3,(H,18,21)(H2,17,19,20);1H. The number of carbonyl (C=O) groups is 1. The van der Waals surface area contributed by atoms with Gasteiger partial charge in [-0.3, -0.25) is 4.79 Å². The third-order valence-corrected chi connectivity index (χ3v) is 4.06. The van der Waals surface area contributed by atoms with Gasteiger partial charge in [-0.15, -0.1) is 35.3 Å². The Kier molecular flexibility index (Phi) is 12.9. The van der Waals surface area contributed by atoms with Crippen LogP contribution in [0.15, 0.2) is 17.1 Å². The van der Waals surface area contributed by atoms with Crippen molar-refractivity contribution in [3.8, 4) is 0 Å². The monoisotopic (exact) mass is 468 g/mol. The van der Waals surface area contributed by atoms with E-state index in [1.807, 2.05) is 18.3 Å². The average molecular weight is 468 g/mol. The van der Waals surface area contributed by atoms with Crippen molar-refractivity contribution in [2.24, 2.45) is 4.99 Å². The van der Waals surface area contributed by atoms with Gasteiger partial charge >= 0.3 is 0 Å². The molecule has 24 heavy (non-hydrogen) atoms. The third-order valence-electron chi connectivity index (χ3n) is 3.04. The number of nitrogens with zero attached hydrogens (tertiary/aromatic N) is 1. The number of aryl methyl sites for hydroxylation is 1. The summed E-state index contributed by atoms with van der Waals surface area (Å²) in [5.41, 5.74) is 0. The maximum atomic E-state index is 11.7. The summed E-state index contributed by atoms with van der Waals surface area (Å²) in [6, 6.07) is 4.53. The van der Waals surface area contributed by atoms with Crippen LogP contribution in [-0.2, 0) is 16.0 Å². The minimum absolute atomic E-state index is 0. The maximum absolute atomic E-state index is 11.7. The summed E-state index contributed by atoms with van der Waals surface area (Å²) in [7, 11) is 1.61. The van der Waals surface area contributed by atoms with Crippen molar-refractivity contribution in [2.45, 2.75) is 33.2 Å². The van der Waals surface area contributed by atoms with Gasteiger partial charge in [0, 0.05) is 42.4 Å². The molecule has 0 aliphatic rings. The van der Waals surface area contributed by atoms with Crippen LogP contribution in [0.25, 0.3) is 0 Å². The highest BCUT2D eigenvalue weighted by Gasteiger charge is 2.08. The van der Waals surface area contributed by atoms with Gasteiger partial charge in [0.1, 0.15) is 6.54 Å². The van der Waals surface area contributed by atoms with Crippen LogP contribution in [0.3, 0.4) is 0 Å². The van der Waals surface area contributed by atoms with Crippen LogP contribution >= 0.6 is 35.3 Å². The van der Waals surface area contributed by atoms with Gasteiger partial charge in [-0.1, -0.05) is 0 Å². The predicted molar refractivity (Wildman–Crippen MR) is 112 cm³/mol. The number of methoxy groups -OCH3 is 1. The van der Waals surface area contributed by atoms with E-state index in [9.17, 15) is 4.79 Å². The van der Waals surface area contributed by atoms with E-state index in [-0.39, 0.29) is 42.5 Å². The highest BCUT2D eigenvalue weighted by molar-refractivity contribution is 14.0. The van der Waals surface area contributed by atoms with E-state index in [1.165, 1.54) is 9.75 Å². The number of hydrogen-bond acceptors (Lipinski definition) is 4. The Bertz CT molecular complexity index is 508. The quantitative estimate of drug-likeness (QED) is 0.224. The van der Waals surface area contributed by atoms with E-state index in [1.54, 1.807) is 7.11 Å². The molecule has 1 aromatic rings. The zero-order valence-electron chi connectivity index (χ0n) is 14.8. The summed E-state index contributed by atoms with van der Waals surface area (Å²) in [6.07, 6.45) is 0.933. The summed E-state index contributed by atoms with van der Waals surface area (Å²) >= 11 is 1.81. The number of hydrogen-bond donors (Lipinski definition) is 3. The fraction of sp³-hybridized carbons (Fsp3) is 0.625. The number of aliphatic imine (C=N–C) groups is 1. The third kappa shape index (κ3) is 10.1. The Hall–Kier alpha value is -0.870. The molecule has 0 fully saturated rings. The summed E-state index contributed by atoms with van der Waals surface area (Å²) in [5.74, 6) is 0.552. The molecule has 0 aliphatic heterocycles. The zero-order valence-corrected chi connectivity index (χ0v) is 18.0. The Labute approximate surface area is 165 Å². The van der Waals surface area contributed by atoms with E-state index < -0.39 is 0 Å². The van der Waals surface area contributed by atoms with Crippen LogP contribution in [0.1, 0.15) is 23.6 Å². The molecular formula is C16H29IN4O2S. The van der Waals surface area contributed by atoms with Gasteiger partial charge in [0.05, 0.1) is 6.61 Å². The van der Waals surface area contributed by atoms with Crippen LogP contribution < -0.4 is 16.0 Å². The number of rotatable bonds is 9. The lowest BCUT2D eigenvalue weighted by molar-refractivity contribution is -0.119. The van der Waals surface area contributed by atoms with Crippen molar-refractivity contribution in [2.75, 3.05) is 33.4 Å². The van der Waals surface area contributed by atoms with Gasteiger partial charge < -0.3 is 20.7 Å². The van der Waals surface area contributed by atoms with Crippen molar-refractivity contribution in [3.63, 3.8) is 0 Å². The molecule has 1 amide bonds. The molecule has 1 rings (SSSR count). The Morgan fingerprint density at radius 2 is 2.12 bits per heavy atom. The number of halogens is 1. The maximum Gasteiger partial charge on any atom is 0.241 e. The first-order chi connectivity index (χ1) is 11.0. The van der Waals surface area contributed by atoms with Gasteiger partial charge in [-0.2, -0.15) is 0 Å². The fourth-order valence-electron chi connectivity index (χ4n) is 2.00. The Morgan fingerprint density at radius 1 is 1.38 bits per heavy atom. The minimum atomic E-state index is -0.110. The second-order valence-electron chi connectivity index (χ2n) is 5.30. The molecular weight excluding hydrogens is 439 g/mol. The van der Waals surface area contributed by atoms with Crippen molar-refractivity contribution < 1.29 is 9.53 Å². The van der Waals surface area contributed by atoms with Gasteiger partial charge in [0.15, 0.2) is 5.96 Å². The molecule has 8 heteroatoms. The molecule has 0 spiro atoms. The molecule has 6 nitrogen and oxygen atoms in total. The lowest BCUT2D eigenvalue weighted by Crippen LogP contribution is -2.43. The van der Waals surface area contributed by atoms with Crippen molar-refractivity contribution in [3.05, 3.63) is 21.9 Å². The van der Waals surface area contributed by atoms with Crippen molar-refractivity contribution in [1.29, 1.82) is 0 Å². The molecule has 1 heterocycles. The number of thiophene rings is 1. The largest absolute Gasteiger partial charge is 0.383 e. The molecule has 0 bridgehead atoms. The first-order valence-electron chi connectivity index (χ1n) is 7.91. The molecule has 138 valence electrons. The average Bonchev–Trinajstić information content (AvgIpc) is 2.90. The van der Waals surface area contributed by atoms with Crippen molar-refractivity contribution in [1.82, 2.24) is 16.0 Å². The normalized spacial score (nSPS) is 12.2. The van der Waals surface area contributed by atoms with Crippen LogP contribution in [0.2, 0.25) is 0 Å². The van der Waals surface area contributed by atoms with E-state index in [0.29, 0.717) is 19.1 Å². The highest BCUT2D eigenvalue weighted by Crippen LogP contribution is 2.16. The first-order valence-corrected chi connectivity index (χ1v) is 8.72. The van der Waals surface area contributed by atoms with Gasteiger partial charge in [-0.25, -0.2) is 4.99 Å². The summed E-state index contributed by atoms with van der Waals surface area (Å²) < 4.78 is 4.89. The molecule has 0 saturated heterocycles. The highest BCUT2D eigenvalue weighted by atomic mass is 127. The second-order valence-corrected chi connectivity index (χ2v) is 6.67. The fourth-order valence-corrected chi connectivity index (χ4v) is 3.02. The molecule has 1 aromatic heterocycles. The van der Waals surface area contributed by atoms with E-state index in [4.69, 9.17) is 4.74 Å². The predicted octanol–water partition coefficient (Wildman–Crippen LogP) is 1.92. The molecule has 3 N–H and O–H groups in total. The summed E-state index contributed by atoms with van der Waals surface area (Å²) in [5, 5.41) is 9.26. The molecule has 1 unspecified atom stereocenters. The van der Waals surface area contributed by atoms with Crippen LogP contribution in [0, 0.1) is 6.92 Å². The summed E-state index contributed by atoms with van der Waals surface area (Å²) in [6.45, 7) is 8.09. The number of carbonyl (C=O) groups excluding carboxylic acids is 1. The second kappa shape index (κ2) is 13.4. The van der Waals surface area contributed by atoms with E-state index in [0.717, 1.165) is 13.0 Å². The SMILES string of the molecule is CCNC(=NCC(=O)NCCOC)NC(C)Cc1ccc(C)s1.I. The Balaban J connectivity index is 0.00000529. The lowest BCUT2D eigenvalue weighted by Gasteiger charge is -2.17. The molecule has 0 aliphatic carbocycles. The van der Waals surface area contributed by atoms with Gasteiger partial charge in [-0.05, 0) is 32.9 Å². The molecule has 0 radical (unpaired) electrons. The molecule has 1 atom stereocenters. The van der Waals surface area contributed by atoms with Crippen LogP contribution in [0.4, 0.5) is 0 Å². The topological polar surface area (TPSA) is 74.8 Å². The first kappa shape index (κ1) is 23.1. The van der Waals surface area contributed by atoms with Crippen LogP contribution in [-0.4, -0.2) is 51.3 Å². The van der Waals surface area contributed by atoms with E-state index >= 15 is 0 Å². The number of guanidine groups is 1. The zero-order chi connectivity index (χ0) is 17.1. The lowest BCUT2D eigenvalue weighted by atomic mass is 10.2. The van der Waals surface area contributed by atoms with Gasteiger partial charge in [0.25, 0.3) is 0 Å². The molecule has 0 saturated carbocycles. The van der Waals surface area contributed by atoms with Crippen molar-refractivity contribution >= 4 is 47.2 Å². The number of amides is 1. The summed E-state index contributed by atoms with van der Waals surface area (Å²) in [4.78, 5) is 18.7. The van der Waals surface area contributed by atoms with Gasteiger partial charge in [0.2, 0.25) is 5.91 Å². The number of ether oxygens (including phenoxy) is 1. The van der Waals surface area contributed by atoms with Crippen LogP contribution in [0.5, 0.6) is 0 Å². The molecule has 0 aromatic carbocycles. The number of nitrogens with one attached hydrogen (secondary N) is 3. The minimum Gasteiger partial charge on any atom is -0.383 e. The Morgan fingerprint density at radius 3 is 2.71 bits per heavy atom. The van der Waals surface area contributed by atoms with E-state index in [2.05, 4.69) is 46.9 Å². The smallest absolute Gasteiger partial charge is 0.241 e.